The number of piperidine rings is 1. The van der Waals surface area contributed by atoms with E-state index in [4.69, 9.17) is 0 Å². The Kier molecular flexibility index (Phi) is 3.92. The summed E-state index contributed by atoms with van der Waals surface area (Å²) in [5.74, 6) is 0.217. The number of hydrogen-bond donors (Lipinski definition) is 0. The summed E-state index contributed by atoms with van der Waals surface area (Å²) >= 11 is 0. The van der Waals surface area contributed by atoms with Crippen molar-refractivity contribution in [3.63, 3.8) is 0 Å². The van der Waals surface area contributed by atoms with Crippen LogP contribution in [0.1, 0.15) is 18.4 Å². The van der Waals surface area contributed by atoms with E-state index >= 15 is 0 Å². The van der Waals surface area contributed by atoms with Crippen molar-refractivity contribution in [3.8, 4) is 5.69 Å². The van der Waals surface area contributed by atoms with E-state index in [1.165, 1.54) is 5.56 Å². The van der Waals surface area contributed by atoms with Crippen LogP contribution in [0.25, 0.3) is 5.69 Å². The number of carbonyl (C=O) groups excluding carboxylic acids is 1. The minimum Gasteiger partial charge on any atom is -0.306 e. The second-order valence-electron chi connectivity index (χ2n) is 5.41. The van der Waals surface area contributed by atoms with Gasteiger partial charge in [0, 0.05) is 37.1 Å². The molecule has 1 aliphatic heterocycles. The summed E-state index contributed by atoms with van der Waals surface area (Å²) < 4.78 is 1.99. The molecule has 1 aliphatic rings. The molecule has 0 amide bonds. The maximum Gasteiger partial charge on any atom is 0.124 e. The third-order valence-corrected chi connectivity index (χ3v) is 3.88. The standard InChI is InChI=1S/C16H19N3O/c20-12-15-2-1-8-18(11-15)10-14-3-5-16(6-4-14)19-9-7-17-13-19/h3-7,9,12-13,15H,1-2,8,10-11H2. The Bertz CT molecular complexity index is 548. The molecule has 2 aromatic rings. The number of aldehydes is 1. The van der Waals surface area contributed by atoms with Crippen LogP contribution < -0.4 is 0 Å². The minimum atomic E-state index is 0.217. The molecule has 0 spiro atoms. The lowest BCUT2D eigenvalue weighted by Crippen LogP contribution is -2.35. The zero-order valence-corrected chi connectivity index (χ0v) is 11.5. The van der Waals surface area contributed by atoms with Gasteiger partial charge in [-0.3, -0.25) is 4.90 Å². The van der Waals surface area contributed by atoms with Gasteiger partial charge in [0.2, 0.25) is 0 Å². The van der Waals surface area contributed by atoms with Crippen LogP contribution >= 0.6 is 0 Å². The normalized spacial score (nSPS) is 19.9. The Hall–Kier alpha value is -1.94. The molecule has 4 heteroatoms. The van der Waals surface area contributed by atoms with Gasteiger partial charge in [-0.2, -0.15) is 0 Å². The highest BCUT2D eigenvalue weighted by Crippen LogP contribution is 2.18. The number of rotatable bonds is 4. The van der Waals surface area contributed by atoms with Crippen molar-refractivity contribution in [1.82, 2.24) is 14.5 Å². The van der Waals surface area contributed by atoms with Crippen molar-refractivity contribution in [2.75, 3.05) is 13.1 Å². The Morgan fingerprint density at radius 1 is 1.30 bits per heavy atom. The summed E-state index contributed by atoms with van der Waals surface area (Å²) in [5.41, 5.74) is 2.41. The van der Waals surface area contributed by atoms with E-state index in [0.29, 0.717) is 0 Å². The van der Waals surface area contributed by atoms with Crippen molar-refractivity contribution in [2.24, 2.45) is 5.92 Å². The molecule has 1 saturated heterocycles. The van der Waals surface area contributed by atoms with Gasteiger partial charge in [-0.25, -0.2) is 4.98 Å². The molecule has 0 aliphatic carbocycles. The van der Waals surface area contributed by atoms with Crippen LogP contribution in [-0.2, 0) is 11.3 Å². The van der Waals surface area contributed by atoms with Gasteiger partial charge in [-0.05, 0) is 37.1 Å². The molecule has 1 aromatic heterocycles. The smallest absolute Gasteiger partial charge is 0.124 e. The molecule has 4 nitrogen and oxygen atoms in total. The topological polar surface area (TPSA) is 38.1 Å². The van der Waals surface area contributed by atoms with Crippen molar-refractivity contribution in [3.05, 3.63) is 48.5 Å². The molecule has 0 bridgehead atoms. The Balaban J connectivity index is 1.65. The van der Waals surface area contributed by atoms with Crippen LogP contribution in [0.3, 0.4) is 0 Å². The number of imidazole rings is 1. The second-order valence-corrected chi connectivity index (χ2v) is 5.41. The van der Waals surface area contributed by atoms with E-state index < -0.39 is 0 Å². The fourth-order valence-corrected chi connectivity index (χ4v) is 2.79. The van der Waals surface area contributed by atoms with Crippen LogP contribution in [0.2, 0.25) is 0 Å². The molecular formula is C16H19N3O. The van der Waals surface area contributed by atoms with Gasteiger partial charge >= 0.3 is 0 Å². The lowest BCUT2D eigenvalue weighted by Gasteiger charge is -2.30. The zero-order valence-electron chi connectivity index (χ0n) is 11.5. The molecule has 3 rings (SSSR count). The molecule has 1 unspecified atom stereocenters. The van der Waals surface area contributed by atoms with Crippen LogP contribution in [0, 0.1) is 5.92 Å². The van der Waals surface area contributed by atoms with Crippen LogP contribution in [0.4, 0.5) is 0 Å². The SMILES string of the molecule is O=CC1CCCN(Cc2ccc(-n3ccnc3)cc2)C1. The highest BCUT2D eigenvalue weighted by molar-refractivity contribution is 5.53. The van der Waals surface area contributed by atoms with Gasteiger partial charge in [-0.15, -0.1) is 0 Å². The Labute approximate surface area is 119 Å². The Morgan fingerprint density at radius 2 is 2.15 bits per heavy atom. The van der Waals surface area contributed by atoms with E-state index in [1.54, 1.807) is 12.5 Å². The fraction of sp³-hybridized carbons (Fsp3) is 0.375. The first-order chi connectivity index (χ1) is 9.85. The molecule has 1 atom stereocenters. The molecule has 104 valence electrons. The van der Waals surface area contributed by atoms with Crippen molar-refractivity contribution in [2.45, 2.75) is 19.4 Å². The van der Waals surface area contributed by atoms with E-state index in [0.717, 1.165) is 44.4 Å². The fourth-order valence-electron chi connectivity index (χ4n) is 2.79. The molecular weight excluding hydrogens is 250 g/mol. The number of carbonyl (C=O) groups is 1. The van der Waals surface area contributed by atoms with E-state index in [2.05, 4.69) is 34.1 Å². The van der Waals surface area contributed by atoms with Crippen molar-refractivity contribution >= 4 is 6.29 Å². The molecule has 2 heterocycles. The number of hydrogen-bond acceptors (Lipinski definition) is 3. The van der Waals surface area contributed by atoms with Gasteiger partial charge in [0.1, 0.15) is 6.29 Å². The average molecular weight is 269 g/mol. The molecule has 0 saturated carbocycles. The van der Waals surface area contributed by atoms with Gasteiger partial charge in [0.15, 0.2) is 0 Å². The molecule has 20 heavy (non-hydrogen) atoms. The summed E-state index contributed by atoms with van der Waals surface area (Å²) in [7, 11) is 0. The van der Waals surface area contributed by atoms with E-state index in [1.807, 2.05) is 10.8 Å². The average Bonchev–Trinajstić information content (AvgIpc) is 3.02. The maximum atomic E-state index is 10.9. The predicted molar refractivity (Wildman–Crippen MR) is 77.6 cm³/mol. The second kappa shape index (κ2) is 6.01. The number of nitrogens with zero attached hydrogens (tertiary/aromatic N) is 3. The first kappa shape index (κ1) is 13.1. The number of aromatic nitrogens is 2. The predicted octanol–water partition coefficient (Wildman–Crippen LogP) is 2.28. The molecule has 1 aromatic carbocycles. The lowest BCUT2D eigenvalue weighted by atomic mass is 9.99. The van der Waals surface area contributed by atoms with Gasteiger partial charge in [0.05, 0.1) is 6.33 Å². The summed E-state index contributed by atoms with van der Waals surface area (Å²) in [4.78, 5) is 17.3. The summed E-state index contributed by atoms with van der Waals surface area (Å²) in [6.07, 6.45) is 8.79. The lowest BCUT2D eigenvalue weighted by molar-refractivity contribution is -0.112. The largest absolute Gasteiger partial charge is 0.306 e. The van der Waals surface area contributed by atoms with Gasteiger partial charge in [-0.1, -0.05) is 12.1 Å². The van der Waals surface area contributed by atoms with Crippen molar-refractivity contribution in [1.29, 1.82) is 0 Å². The highest BCUT2D eigenvalue weighted by atomic mass is 16.1. The zero-order chi connectivity index (χ0) is 13.8. The molecule has 0 N–H and O–H groups in total. The van der Waals surface area contributed by atoms with Crippen LogP contribution in [0.15, 0.2) is 43.0 Å². The number of likely N-dealkylation sites (tertiary alicyclic amines) is 1. The summed E-state index contributed by atoms with van der Waals surface area (Å²) in [6, 6.07) is 8.52. The summed E-state index contributed by atoms with van der Waals surface area (Å²) in [6.45, 7) is 2.91. The molecule has 0 radical (unpaired) electrons. The quantitative estimate of drug-likeness (QED) is 0.799. The highest BCUT2D eigenvalue weighted by Gasteiger charge is 2.19. The third kappa shape index (κ3) is 2.96. The molecule has 1 fully saturated rings. The van der Waals surface area contributed by atoms with Crippen LogP contribution in [0.5, 0.6) is 0 Å². The van der Waals surface area contributed by atoms with E-state index in [-0.39, 0.29) is 5.92 Å². The number of benzene rings is 1. The maximum absolute atomic E-state index is 10.9. The van der Waals surface area contributed by atoms with Crippen LogP contribution in [-0.4, -0.2) is 33.8 Å². The van der Waals surface area contributed by atoms with Gasteiger partial charge in [0.25, 0.3) is 0 Å². The first-order valence-corrected chi connectivity index (χ1v) is 7.10. The third-order valence-electron chi connectivity index (χ3n) is 3.88. The minimum absolute atomic E-state index is 0.217. The summed E-state index contributed by atoms with van der Waals surface area (Å²) in [5, 5.41) is 0. The first-order valence-electron chi connectivity index (χ1n) is 7.10. The Morgan fingerprint density at radius 3 is 2.85 bits per heavy atom. The van der Waals surface area contributed by atoms with Gasteiger partial charge < -0.3 is 9.36 Å². The monoisotopic (exact) mass is 269 g/mol. The van der Waals surface area contributed by atoms with Crippen molar-refractivity contribution < 1.29 is 4.79 Å². The van der Waals surface area contributed by atoms with E-state index in [9.17, 15) is 4.79 Å².